The van der Waals surface area contributed by atoms with Crippen molar-refractivity contribution in [1.82, 2.24) is 0 Å². The lowest BCUT2D eigenvalue weighted by Crippen LogP contribution is -2.29. The Morgan fingerprint density at radius 1 is 1.24 bits per heavy atom. The molecule has 0 aliphatic carbocycles. The summed E-state index contributed by atoms with van der Waals surface area (Å²) in [7, 11) is -3.17. The van der Waals surface area contributed by atoms with Gasteiger partial charge in [0.1, 0.15) is 17.3 Å². The summed E-state index contributed by atoms with van der Waals surface area (Å²) in [6.45, 7) is 0.273. The Morgan fingerprint density at radius 2 is 1.86 bits per heavy atom. The largest absolute Gasteiger partial charge is 0.409 e. The van der Waals surface area contributed by atoms with Crippen LogP contribution in [0.5, 0.6) is 0 Å². The maximum atomic E-state index is 14.1. The van der Waals surface area contributed by atoms with Crippen LogP contribution in [0.1, 0.15) is 12.0 Å². The molecular formula is C12H15F2N3O3S. The number of nitrogens with two attached hydrogens (primary N) is 1. The van der Waals surface area contributed by atoms with Gasteiger partial charge in [-0.2, -0.15) is 0 Å². The molecule has 0 bridgehead atoms. The molecule has 6 nitrogen and oxygen atoms in total. The number of halogens is 2. The molecule has 3 N–H and O–H groups in total. The summed E-state index contributed by atoms with van der Waals surface area (Å²) in [5.74, 6) is -2.30. The van der Waals surface area contributed by atoms with Crippen LogP contribution in [0.25, 0.3) is 0 Å². The van der Waals surface area contributed by atoms with Crippen molar-refractivity contribution in [2.24, 2.45) is 10.9 Å². The topological polar surface area (TPSA) is 96.0 Å². The number of oxime groups is 1. The van der Waals surface area contributed by atoms with Crippen LogP contribution in [0, 0.1) is 11.6 Å². The molecule has 116 valence electrons. The summed E-state index contributed by atoms with van der Waals surface area (Å²) in [5, 5.41) is 11.2. The van der Waals surface area contributed by atoms with Crippen molar-refractivity contribution >= 4 is 21.4 Å². The maximum Gasteiger partial charge on any atom is 0.170 e. The summed E-state index contributed by atoms with van der Waals surface area (Å²) in [5.41, 5.74) is 4.92. The van der Waals surface area contributed by atoms with Gasteiger partial charge in [-0.15, -0.1) is 0 Å². The Balaban J connectivity index is 2.36. The minimum absolute atomic E-state index is 0.00887. The summed E-state index contributed by atoms with van der Waals surface area (Å²) < 4.78 is 51.2. The standard InChI is InChI=1S/C12H15F2N3O3S/c13-9-6-8(12(15)16-18)7-10(14)11(9)17-2-1-4-21(19,20)5-3-17/h6-7,18H,1-5H2,(H2,15,16). The van der Waals surface area contributed by atoms with Crippen LogP contribution in [0.15, 0.2) is 17.3 Å². The normalized spacial score (nSPS) is 19.3. The maximum absolute atomic E-state index is 14.1. The number of anilines is 1. The Morgan fingerprint density at radius 3 is 2.43 bits per heavy atom. The third-order valence-electron chi connectivity index (χ3n) is 3.29. The SMILES string of the molecule is N/C(=N/O)c1cc(F)c(N2CCCS(=O)(=O)CC2)c(F)c1. The lowest BCUT2D eigenvalue weighted by molar-refractivity contribution is 0.318. The quantitative estimate of drug-likeness (QED) is 0.362. The molecule has 1 aromatic carbocycles. The van der Waals surface area contributed by atoms with Crippen LogP contribution >= 0.6 is 0 Å². The van der Waals surface area contributed by atoms with E-state index in [1.54, 1.807) is 0 Å². The van der Waals surface area contributed by atoms with E-state index in [0.29, 0.717) is 6.42 Å². The highest BCUT2D eigenvalue weighted by atomic mass is 32.2. The molecule has 0 radical (unpaired) electrons. The molecule has 1 saturated heterocycles. The zero-order valence-corrected chi connectivity index (χ0v) is 11.9. The summed E-state index contributed by atoms with van der Waals surface area (Å²) >= 11 is 0. The van der Waals surface area contributed by atoms with Gasteiger partial charge in [0, 0.05) is 18.7 Å². The molecule has 1 fully saturated rings. The molecule has 1 aliphatic rings. The lowest BCUT2D eigenvalue weighted by Gasteiger charge is -2.23. The van der Waals surface area contributed by atoms with E-state index in [1.807, 2.05) is 0 Å². The van der Waals surface area contributed by atoms with E-state index in [9.17, 15) is 17.2 Å². The highest BCUT2D eigenvalue weighted by Crippen LogP contribution is 2.26. The number of benzene rings is 1. The number of sulfone groups is 1. The minimum Gasteiger partial charge on any atom is -0.409 e. The predicted octanol–water partition coefficient (Wildman–Crippen LogP) is 0.684. The van der Waals surface area contributed by atoms with Crippen LogP contribution in [0.2, 0.25) is 0 Å². The van der Waals surface area contributed by atoms with E-state index < -0.39 is 27.3 Å². The Labute approximate surface area is 120 Å². The molecule has 0 amide bonds. The van der Waals surface area contributed by atoms with E-state index in [0.717, 1.165) is 12.1 Å². The number of hydrogen-bond acceptors (Lipinski definition) is 5. The molecule has 0 aromatic heterocycles. The molecule has 0 spiro atoms. The predicted molar refractivity (Wildman–Crippen MR) is 74.4 cm³/mol. The van der Waals surface area contributed by atoms with Crippen molar-refractivity contribution in [2.45, 2.75) is 6.42 Å². The summed E-state index contributed by atoms with van der Waals surface area (Å²) in [4.78, 5) is 1.37. The van der Waals surface area contributed by atoms with Gasteiger partial charge >= 0.3 is 0 Å². The lowest BCUT2D eigenvalue weighted by atomic mass is 10.1. The van der Waals surface area contributed by atoms with Gasteiger partial charge in [0.25, 0.3) is 0 Å². The van der Waals surface area contributed by atoms with Crippen LogP contribution < -0.4 is 10.6 Å². The van der Waals surface area contributed by atoms with Crippen molar-refractivity contribution in [2.75, 3.05) is 29.5 Å². The van der Waals surface area contributed by atoms with Gasteiger partial charge < -0.3 is 15.8 Å². The van der Waals surface area contributed by atoms with Crippen molar-refractivity contribution in [1.29, 1.82) is 0 Å². The molecule has 2 rings (SSSR count). The third-order valence-corrected chi connectivity index (χ3v) is 5.01. The monoisotopic (exact) mass is 319 g/mol. The highest BCUT2D eigenvalue weighted by molar-refractivity contribution is 7.91. The van der Waals surface area contributed by atoms with Crippen molar-refractivity contribution in [3.05, 3.63) is 29.3 Å². The van der Waals surface area contributed by atoms with E-state index in [4.69, 9.17) is 10.9 Å². The van der Waals surface area contributed by atoms with Gasteiger partial charge in [0.05, 0.1) is 11.5 Å². The van der Waals surface area contributed by atoms with E-state index in [1.165, 1.54) is 4.90 Å². The number of rotatable bonds is 2. The van der Waals surface area contributed by atoms with Crippen LogP contribution in [-0.2, 0) is 9.84 Å². The zero-order valence-electron chi connectivity index (χ0n) is 11.1. The molecule has 21 heavy (non-hydrogen) atoms. The summed E-state index contributed by atoms with van der Waals surface area (Å²) in [6, 6.07) is 1.90. The first-order valence-electron chi connectivity index (χ1n) is 6.26. The fourth-order valence-corrected chi connectivity index (χ4v) is 3.51. The second kappa shape index (κ2) is 5.84. The molecule has 1 aromatic rings. The average molecular weight is 319 g/mol. The van der Waals surface area contributed by atoms with Crippen molar-refractivity contribution in [3.63, 3.8) is 0 Å². The highest BCUT2D eigenvalue weighted by Gasteiger charge is 2.24. The Bertz CT molecular complexity index is 653. The molecule has 0 atom stereocenters. The minimum atomic E-state index is -3.17. The van der Waals surface area contributed by atoms with E-state index in [2.05, 4.69) is 5.16 Å². The number of amidine groups is 1. The van der Waals surface area contributed by atoms with Crippen LogP contribution in [0.4, 0.5) is 14.5 Å². The van der Waals surface area contributed by atoms with Gasteiger partial charge in [0.15, 0.2) is 15.7 Å². The summed E-state index contributed by atoms with van der Waals surface area (Å²) in [6.07, 6.45) is 0.309. The molecular weight excluding hydrogens is 304 g/mol. The molecule has 1 heterocycles. The van der Waals surface area contributed by atoms with Gasteiger partial charge in [-0.1, -0.05) is 5.16 Å². The van der Waals surface area contributed by atoms with E-state index >= 15 is 0 Å². The second-order valence-electron chi connectivity index (χ2n) is 4.77. The first-order valence-corrected chi connectivity index (χ1v) is 8.08. The Hall–Kier alpha value is -1.90. The molecule has 0 unspecified atom stereocenters. The fraction of sp³-hybridized carbons (Fsp3) is 0.417. The van der Waals surface area contributed by atoms with Gasteiger partial charge in [0.2, 0.25) is 0 Å². The molecule has 0 saturated carbocycles. The van der Waals surface area contributed by atoms with E-state index in [-0.39, 0.29) is 35.8 Å². The van der Waals surface area contributed by atoms with Gasteiger partial charge in [-0.05, 0) is 18.6 Å². The number of nitrogens with zero attached hydrogens (tertiary/aromatic N) is 2. The molecule has 9 heteroatoms. The van der Waals surface area contributed by atoms with Crippen molar-refractivity contribution < 1.29 is 22.4 Å². The first-order chi connectivity index (χ1) is 9.84. The zero-order chi connectivity index (χ0) is 15.6. The third kappa shape index (κ3) is 3.41. The second-order valence-corrected chi connectivity index (χ2v) is 7.07. The smallest absolute Gasteiger partial charge is 0.170 e. The van der Waals surface area contributed by atoms with Crippen LogP contribution in [-0.4, -0.2) is 44.1 Å². The van der Waals surface area contributed by atoms with Gasteiger partial charge in [-0.25, -0.2) is 17.2 Å². The number of hydrogen-bond donors (Lipinski definition) is 2. The van der Waals surface area contributed by atoms with Gasteiger partial charge in [-0.3, -0.25) is 0 Å². The fourth-order valence-electron chi connectivity index (χ4n) is 2.24. The average Bonchev–Trinajstić information content (AvgIpc) is 2.58. The van der Waals surface area contributed by atoms with Crippen LogP contribution in [0.3, 0.4) is 0 Å². The Kier molecular flexibility index (Phi) is 4.31. The first kappa shape index (κ1) is 15.5. The van der Waals surface area contributed by atoms with Crippen molar-refractivity contribution in [3.8, 4) is 0 Å². The molecule has 1 aliphatic heterocycles.